The van der Waals surface area contributed by atoms with Crippen LogP contribution in [0.15, 0.2) is 96.3 Å². The number of carbonyl (C=O) groups excluding carboxylic acids is 3. The Balaban J connectivity index is 1.24. The van der Waals surface area contributed by atoms with Crippen LogP contribution in [-0.2, 0) is 9.59 Å². The number of halogens is 1. The van der Waals surface area contributed by atoms with Crippen LogP contribution in [-0.4, -0.2) is 49.8 Å². The lowest BCUT2D eigenvalue weighted by molar-refractivity contribution is -0.123. The highest BCUT2D eigenvalue weighted by Gasteiger charge is 2.34. The molecule has 2 aromatic carbocycles. The number of nitrogens with zero attached hydrogens (tertiary/aromatic N) is 4. The quantitative estimate of drug-likeness (QED) is 0.319. The van der Waals surface area contributed by atoms with Gasteiger partial charge in [-0.2, -0.15) is 5.10 Å². The summed E-state index contributed by atoms with van der Waals surface area (Å²) in [5.41, 5.74) is 3.50. The van der Waals surface area contributed by atoms with Gasteiger partial charge in [-0.3, -0.25) is 24.3 Å². The first-order valence-corrected chi connectivity index (χ1v) is 12.8. The molecule has 194 valence electrons. The Bertz CT molecular complexity index is 1570. The molecule has 0 atom stereocenters. The largest absolute Gasteiger partial charge is 0.351 e. The van der Waals surface area contributed by atoms with E-state index in [1.54, 1.807) is 59.7 Å². The molecule has 0 bridgehead atoms. The number of thioether (sulfide) groups is 1. The third-order valence-corrected chi connectivity index (χ3v) is 6.69. The summed E-state index contributed by atoms with van der Waals surface area (Å²) in [6, 6.07) is 19.0. The van der Waals surface area contributed by atoms with Gasteiger partial charge in [0, 0.05) is 48.9 Å². The van der Waals surface area contributed by atoms with Crippen molar-refractivity contribution in [3.8, 4) is 16.9 Å². The molecule has 0 spiro atoms. The van der Waals surface area contributed by atoms with Crippen molar-refractivity contribution in [1.82, 2.24) is 25.0 Å². The molecular formula is C29H22FN5O3S. The lowest BCUT2D eigenvalue weighted by Gasteiger charge is -2.12. The van der Waals surface area contributed by atoms with Gasteiger partial charge in [-0.05, 0) is 71.9 Å². The topological polar surface area (TPSA) is 97.2 Å². The summed E-state index contributed by atoms with van der Waals surface area (Å²) in [5, 5.41) is 6.96. The molecule has 2 aromatic heterocycles. The Morgan fingerprint density at radius 2 is 1.82 bits per heavy atom. The van der Waals surface area contributed by atoms with Crippen molar-refractivity contribution in [1.29, 1.82) is 0 Å². The van der Waals surface area contributed by atoms with Gasteiger partial charge < -0.3 is 5.32 Å². The van der Waals surface area contributed by atoms with Crippen LogP contribution in [0.5, 0.6) is 0 Å². The third kappa shape index (κ3) is 6.19. The van der Waals surface area contributed by atoms with E-state index >= 15 is 0 Å². The normalized spacial score (nSPS) is 14.5. The molecule has 0 saturated carbocycles. The maximum atomic E-state index is 13.5. The highest BCUT2D eigenvalue weighted by molar-refractivity contribution is 8.18. The van der Waals surface area contributed by atoms with E-state index in [9.17, 15) is 18.8 Å². The zero-order valence-corrected chi connectivity index (χ0v) is 21.3. The Hall–Kier alpha value is -4.83. The third-order valence-electron chi connectivity index (χ3n) is 5.79. The van der Waals surface area contributed by atoms with Gasteiger partial charge in [0.15, 0.2) is 0 Å². The number of imide groups is 1. The predicted molar refractivity (Wildman–Crippen MR) is 148 cm³/mol. The number of benzene rings is 2. The number of hydrogen-bond acceptors (Lipinski definition) is 6. The van der Waals surface area contributed by atoms with Crippen molar-refractivity contribution < 1.29 is 18.8 Å². The summed E-state index contributed by atoms with van der Waals surface area (Å²) in [6.07, 6.45) is 9.61. The van der Waals surface area contributed by atoms with Crippen LogP contribution in [0.1, 0.15) is 11.1 Å². The first kappa shape index (κ1) is 25.8. The van der Waals surface area contributed by atoms with E-state index in [0.29, 0.717) is 21.7 Å². The van der Waals surface area contributed by atoms with Gasteiger partial charge in [-0.25, -0.2) is 9.07 Å². The molecule has 0 aliphatic carbocycles. The molecule has 10 heteroatoms. The van der Waals surface area contributed by atoms with Crippen LogP contribution in [0.3, 0.4) is 0 Å². The van der Waals surface area contributed by atoms with Crippen LogP contribution >= 0.6 is 11.8 Å². The Morgan fingerprint density at radius 1 is 1.03 bits per heavy atom. The molecule has 0 unspecified atom stereocenters. The standard InChI is InChI=1S/C29H22FN5O3S/c30-23-11-8-21(9-12-23)27-22(19-35(33-27)24-6-2-1-3-7-24)10-13-26(36)32-15-16-34-28(37)25(39-29(34)38)17-20-5-4-14-31-18-20/h1-14,17-19H,15-16H2,(H,32,36)/b13-10+,25-17+. The van der Waals surface area contributed by atoms with Crippen LogP contribution in [0, 0.1) is 5.82 Å². The van der Waals surface area contributed by atoms with E-state index in [4.69, 9.17) is 0 Å². The molecule has 1 aliphatic rings. The summed E-state index contributed by atoms with van der Waals surface area (Å²) in [5.74, 6) is -1.16. The summed E-state index contributed by atoms with van der Waals surface area (Å²) in [7, 11) is 0. The Kier molecular flexibility index (Phi) is 7.74. The number of amides is 3. The first-order chi connectivity index (χ1) is 19.0. The molecule has 3 amide bonds. The molecule has 1 aliphatic heterocycles. The zero-order chi connectivity index (χ0) is 27.2. The van der Waals surface area contributed by atoms with Gasteiger partial charge in [0.25, 0.3) is 11.1 Å². The zero-order valence-electron chi connectivity index (χ0n) is 20.5. The summed E-state index contributed by atoms with van der Waals surface area (Å²) in [4.78, 5) is 42.9. The van der Waals surface area contributed by atoms with E-state index in [1.165, 1.54) is 18.2 Å². The van der Waals surface area contributed by atoms with Crippen molar-refractivity contribution in [2.24, 2.45) is 0 Å². The van der Waals surface area contributed by atoms with Gasteiger partial charge in [0.1, 0.15) is 5.82 Å². The lowest BCUT2D eigenvalue weighted by atomic mass is 10.1. The second kappa shape index (κ2) is 11.7. The van der Waals surface area contributed by atoms with Gasteiger partial charge in [0.05, 0.1) is 16.3 Å². The molecule has 1 fully saturated rings. The highest BCUT2D eigenvalue weighted by Crippen LogP contribution is 2.31. The van der Waals surface area contributed by atoms with Crippen molar-refractivity contribution >= 4 is 41.0 Å². The summed E-state index contributed by atoms with van der Waals surface area (Å²) >= 11 is 0.855. The first-order valence-electron chi connectivity index (χ1n) is 12.0. The number of hydrogen-bond donors (Lipinski definition) is 1. The molecule has 5 rings (SSSR count). The average molecular weight is 540 g/mol. The van der Waals surface area contributed by atoms with Crippen molar-refractivity contribution in [3.63, 3.8) is 0 Å². The number of pyridine rings is 1. The van der Waals surface area contributed by atoms with E-state index in [1.807, 2.05) is 30.3 Å². The molecule has 1 N–H and O–H groups in total. The molecule has 8 nitrogen and oxygen atoms in total. The van der Waals surface area contributed by atoms with Crippen molar-refractivity contribution in [3.05, 3.63) is 113 Å². The van der Waals surface area contributed by atoms with Crippen LogP contribution in [0.4, 0.5) is 9.18 Å². The number of rotatable bonds is 8. The smallest absolute Gasteiger partial charge is 0.293 e. The average Bonchev–Trinajstić information content (AvgIpc) is 3.50. The van der Waals surface area contributed by atoms with E-state index in [2.05, 4.69) is 15.4 Å². The van der Waals surface area contributed by atoms with Gasteiger partial charge in [-0.1, -0.05) is 24.3 Å². The van der Waals surface area contributed by atoms with Crippen LogP contribution in [0.2, 0.25) is 0 Å². The molecule has 39 heavy (non-hydrogen) atoms. The molecule has 4 aromatic rings. The number of para-hydroxylation sites is 1. The fraction of sp³-hybridized carbons (Fsp3) is 0.0690. The van der Waals surface area contributed by atoms with Crippen LogP contribution < -0.4 is 5.32 Å². The second-order valence-electron chi connectivity index (χ2n) is 8.46. The second-order valence-corrected chi connectivity index (χ2v) is 9.46. The SMILES string of the molecule is O=C(/C=C/c1cn(-c2ccccc2)nc1-c1ccc(F)cc1)NCCN1C(=O)S/C(=C/c2cccnc2)C1=O. The van der Waals surface area contributed by atoms with E-state index in [-0.39, 0.29) is 18.9 Å². The minimum atomic E-state index is -0.407. The fourth-order valence-corrected chi connectivity index (χ4v) is 4.74. The highest BCUT2D eigenvalue weighted by atomic mass is 32.2. The monoisotopic (exact) mass is 539 g/mol. The number of carbonyl (C=O) groups is 3. The fourth-order valence-electron chi connectivity index (χ4n) is 3.88. The van der Waals surface area contributed by atoms with Crippen LogP contribution in [0.25, 0.3) is 29.1 Å². The molecule has 1 saturated heterocycles. The maximum absolute atomic E-state index is 13.5. The summed E-state index contributed by atoms with van der Waals surface area (Å²) in [6.45, 7) is 0.136. The van der Waals surface area contributed by atoms with E-state index < -0.39 is 17.1 Å². The molecule has 3 heterocycles. The van der Waals surface area contributed by atoms with Crippen molar-refractivity contribution in [2.45, 2.75) is 0 Å². The van der Waals surface area contributed by atoms with Gasteiger partial charge in [0.2, 0.25) is 5.91 Å². The van der Waals surface area contributed by atoms with Crippen molar-refractivity contribution in [2.75, 3.05) is 13.1 Å². The minimum Gasteiger partial charge on any atom is -0.351 e. The molecule has 0 radical (unpaired) electrons. The minimum absolute atomic E-state index is 0.0431. The Labute approximate surface area is 227 Å². The van der Waals surface area contributed by atoms with Gasteiger partial charge >= 0.3 is 0 Å². The lowest BCUT2D eigenvalue weighted by Crippen LogP contribution is -2.36. The summed E-state index contributed by atoms with van der Waals surface area (Å²) < 4.78 is 15.2. The predicted octanol–water partition coefficient (Wildman–Crippen LogP) is 4.94. The van der Waals surface area contributed by atoms with E-state index in [0.717, 1.165) is 27.9 Å². The Morgan fingerprint density at radius 3 is 2.56 bits per heavy atom. The molecular weight excluding hydrogens is 517 g/mol. The maximum Gasteiger partial charge on any atom is 0.293 e. The van der Waals surface area contributed by atoms with Gasteiger partial charge in [-0.15, -0.1) is 0 Å². The number of aromatic nitrogens is 3. The number of nitrogens with one attached hydrogen (secondary N) is 1.